The molecule has 1 heterocycles. The third-order valence-electron chi connectivity index (χ3n) is 3.45. The number of halogens is 2. The molecule has 0 fully saturated rings. The fraction of sp³-hybridized carbons (Fsp3) is 0.0625. The van der Waals surface area contributed by atoms with Crippen LogP contribution in [0, 0.1) is 0 Å². The number of aromatic nitrogens is 1. The van der Waals surface area contributed by atoms with Crippen LogP contribution < -0.4 is 5.14 Å². The van der Waals surface area contributed by atoms with Crippen molar-refractivity contribution in [2.75, 3.05) is 0 Å². The Morgan fingerprint density at radius 2 is 1.35 bits per heavy atom. The van der Waals surface area contributed by atoms with Gasteiger partial charge in [0.1, 0.15) is 0 Å². The minimum Gasteiger partial charge on any atom is -0.265 e. The Hall–Kier alpha value is -2.38. The highest BCUT2D eigenvalue weighted by Crippen LogP contribution is 2.42. The van der Waals surface area contributed by atoms with E-state index in [0.717, 1.165) is 12.2 Å². The number of rotatable bonds is 3. The van der Waals surface area contributed by atoms with Gasteiger partial charge in [-0.3, -0.25) is 4.98 Å². The van der Waals surface area contributed by atoms with Crippen molar-refractivity contribution in [2.24, 2.45) is 5.14 Å². The molecule has 0 saturated carbocycles. The quantitative estimate of drug-likeness (QED) is 0.938. The lowest BCUT2D eigenvalue weighted by Crippen LogP contribution is -2.11. The van der Waals surface area contributed by atoms with Crippen molar-refractivity contribution in [1.29, 1.82) is 0 Å². The number of primary sulfonamides is 1. The van der Waals surface area contributed by atoms with E-state index in [0.29, 0.717) is 22.3 Å². The summed E-state index contributed by atoms with van der Waals surface area (Å²) >= 11 is 0. The molecule has 0 aliphatic heterocycles. The smallest absolute Gasteiger partial charge is 0.265 e. The number of hydrogen-bond acceptors (Lipinski definition) is 3. The number of hydrogen-bond donors (Lipinski definition) is 1. The third-order valence-corrected chi connectivity index (χ3v) is 4.38. The van der Waals surface area contributed by atoms with Crippen molar-refractivity contribution in [2.45, 2.75) is 10.8 Å². The summed E-state index contributed by atoms with van der Waals surface area (Å²) < 4.78 is 50.2. The Morgan fingerprint density at radius 1 is 0.870 bits per heavy atom. The van der Waals surface area contributed by atoms with Gasteiger partial charge in [0, 0.05) is 12.4 Å². The number of nitrogens with two attached hydrogens (primary N) is 1. The fourth-order valence-corrected chi connectivity index (χ4v) is 2.93. The second-order valence-corrected chi connectivity index (χ2v) is 6.66. The molecule has 1 aliphatic carbocycles. The van der Waals surface area contributed by atoms with Gasteiger partial charge in [-0.2, -0.15) is 8.78 Å². The van der Waals surface area contributed by atoms with Crippen molar-refractivity contribution in [1.82, 2.24) is 4.98 Å². The maximum atomic E-state index is 13.8. The molecule has 4 nitrogen and oxygen atoms in total. The zero-order chi connectivity index (χ0) is 16.7. The minimum atomic E-state index is -3.82. The molecule has 3 rings (SSSR count). The first kappa shape index (κ1) is 15.5. The summed E-state index contributed by atoms with van der Waals surface area (Å²) in [6.07, 6.45) is 4.78. The molecule has 0 amide bonds. The van der Waals surface area contributed by atoms with Gasteiger partial charge in [0.05, 0.1) is 4.90 Å². The second-order valence-electron chi connectivity index (χ2n) is 5.10. The molecule has 0 atom stereocenters. The molecule has 0 unspecified atom stereocenters. The van der Waals surface area contributed by atoms with Crippen LogP contribution in [-0.4, -0.2) is 19.3 Å². The van der Waals surface area contributed by atoms with Crippen LogP contribution in [0.3, 0.4) is 0 Å². The maximum absolute atomic E-state index is 13.8. The van der Waals surface area contributed by atoms with Crippen LogP contribution in [0.15, 0.2) is 65.8 Å². The van der Waals surface area contributed by atoms with Crippen LogP contribution in [0.4, 0.5) is 8.78 Å². The van der Waals surface area contributed by atoms with Crippen LogP contribution in [0.2, 0.25) is 0 Å². The summed E-state index contributed by atoms with van der Waals surface area (Å²) in [6, 6.07) is 8.79. The molecule has 0 bridgehead atoms. The largest absolute Gasteiger partial charge is 0.286 e. The van der Waals surface area contributed by atoms with E-state index >= 15 is 0 Å². The first-order valence-electron chi connectivity index (χ1n) is 6.64. The molecule has 7 heteroatoms. The first-order valence-corrected chi connectivity index (χ1v) is 8.18. The van der Waals surface area contributed by atoms with Gasteiger partial charge < -0.3 is 0 Å². The molecule has 0 radical (unpaired) electrons. The number of allylic oxidation sites excluding steroid dienone is 4. The molecule has 2 aromatic rings. The van der Waals surface area contributed by atoms with Crippen LogP contribution in [-0.2, 0) is 10.0 Å². The Labute approximate surface area is 132 Å². The summed E-state index contributed by atoms with van der Waals surface area (Å²) in [7, 11) is -3.82. The highest BCUT2D eigenvalue weighted by atomic mass is 32.2. The average Bonchev–Trinajstić information content (AvgIpc) is 2.83. The van der Waals surface area contributed by atoms with Crippen molar-refractivity contribution < 1.29 is 17.2 Å². The van der Waals surface area contributed by atoms with Gasteiger partial charge in [-0.1, -0.05) is 12.1 Å². The molecule has 118 valence electrons. The monoisotopic (exact) mass is 334 g/mol. The van der Waals surface area contributed by atoms with Gasteiger partial charge in [0.25, 0.3) is 5.92 Å². The number of benzene rings is 1. The topological polar surface area (TPSA) is 73.1 Å². The lowest BCUT2D eigenvalue weighted by Gasteiger charge is -2.09. The van der Waals surface area contributed by atoms with Crippen LogP contribution >= 0.6 is 0 Å². The lowest BCUT2D eigenvalue weighted by atomic mass is 9.96. The van der Waals surface area contributed by atoms with E-state index in [4.69, 9.17) is 5.14 Å². The molecule has 1 aliphatic rings. The van der Waals surface area contributed by atoms with Crippen molar-refractivity contribution in [3.63, 3.8) is 0 Å². The van der Waals surface area contributed by atoms with Crippen LogP contribution in [0.5, 0.6) is 0 Å². The summed E-state index contributed by atoms with van der Waals surface area (Å²) in [5.74, 6) is -3.06. The Morgan fingerprint density at radius 3 is 1.83 bits per heavy atom. The van der Waals surface area contributed by atoms with Crippen molar-refractivity contribution in [3.8, 4) is 0 Å². The number of nitrogens with zero attached hydrogens (tertiary/aromatic N) is 1. The molecule has 1 aromatic heterocycles. The lowest BCUT2D eigenvalue weighted by molar-refractivity contribution is 0.115. The molecule has 2 N–H and O–H groups in total. The Balaban J connectivity index is 2.06. The van der Waals surface area contributed by atoms with Gasteiger partial charge in [0.2, 0.25) is 10.0 Å². The highest BCUT2D eigenvalue weighted by molar-refractivity contribution is 7.89. The minimum absolute atomic E-state index is 0.0685. The van der Waals surface area contributed by atoms with E-state index in [2.05, 4.69) is 4.98 Å². The zero-order valence-corrected chi connectivity index (χ0v) is 12.6. The van der Waals surface area contributed by atoms with Gasteiger partial charge in [-0.25, -0.2) is 13.6 Å². The summed E-state index contributed by atoms with van der Waals surface area (Å²) in [5.41, 5.74) is 1.81. The van der Waals surface area contributed by atoms with E-state index in [1.54, 1.807) is 12.1 Å². The average molecular weight is 334 g/mol. The van der Waals surface area contributed by atoms with Gasteiger partial charge in [-0.05, 0) is 58.7 Å². The SMILES string of the molecule is NS(=O)(=O)c1ccc(C2=CC(F)(F)C=C2c2ccncc2)cc1. The predicted octanol–water partition coefficient (Wildman–Crippen LogP) is 2.84. The number of pyridine rings is 1. The summed E-state index contributed by atoms with van der Waals surface area (Å²) in [4.78, 5) is 3.81. The number of alkyl halides is 2. The van der Waals surface area contributed by atoms with Gasteiger partial charge in [-0.15, -0.1) is 0 Å². The summed E-state index contributed by atoms with van der Waals surface area (Å²) in [6.45, 7) is 0. The number of sulfonamides is 1. The molecule has 0 saturated heterocycles. The van der Waals surface area contributed by atoms with E-state index in [9.17, 15) is 17.2 Å². The van der Waals surface area contributed by atoms with E-state index in [-0.39, 0.29) is 4.90 Å². The van der Waals surface area contributed by atoms with E-state index in [1.807, 2.05) is 0 Å². The fourth-order valence-electron chi connectivity index (χ4n) is 2.42. The Bertz CT molecular complexity index is 903. The first-order chi connectivity index (χ1) is 10.8. The van der Waals surface area contributed by atoms with Gasteiger partial charge in [0.15, 0.2) is 0 Å². The molecular formula is C16H12F2N2O2S. The highest BCUT2D eigenvalue weighted by Gasteiger charge is 2.32. The van der Waals surface area contributed by atoms with Crippen LogP contribution in [0.1, 0.15) is 11.1 Å². The maximum Gasteiger partial charge on any atom is 0.286 e. The zero-order valence-electron chi connectivity index (χ0n) is 11.8. The third kappa shape index (κ3) is 3.20. The predicted molar refractivity (Wildman–Crippen MR) is 83.0 cm³/mol. The summed E-state index contributed by atoms with van der Waals surface area (Å²) in [5, 5.41) is 5.04. The van der Waals surface area contributed by atoms with Gasteiger partial charge >= 0.3 is 0 Å². The molecule has 1 aromatic carbocycles. The Kier molecular flexibility index (Phi) is 3.62. The van der Waals surface area contributed by atoms with E-state index in [1.165, 1.54) is 36.7 Å². The normalized spacial score (nSPS) is 16.8. The van der Waals surface area contributed by atoms with Crippen LogP contribution in [0.25, 0.3) is 11.1 Å². The second kappa shape index (κ2) is 5.36. The van der Waals surface area contributed by atoms with E-state index < -0.39 is 15.9 Å². The molecule has 23 heavy (non-hydrogen) atoms. The van der Waals surface area contributed by atoms with Crippen molar-refractivity contribution >= 4 is 21.2 Å². The molecular weight excluding hydrogens is 322 g/mol. The standard InChI is InChI=1S/C16H12F2N2O2S/c17-16(18)9-14(15(10-16)12-5-7-20-8-6-12)11-1-3-13(4-2-11)23(19,21)22/h1-10H,(H2,19,21,22). The molecule has 0 spiro atoms. The van der Waals surface area contributed by atoms with Crippen molar-refractivity contribution in [3.05, 3.63) is 72.1 Å².